The molecule has 11 aromatic carbocycles. The highest BCUT2D eigenvalue weighted by Gasteiger charge is 2.34. The monoisotopic (exact) mass is 1220 g/mol. The number of nitrogens with zero attached hydrogens (tertiary/aromatic N) is 4. The molecule has 0 unspecified atom stereocenters. The number of hydrogen-bond acceptors (Lipinski definition) is 2. The van der Waals surface area contributed by atoms with Gasteiger partial charge in [-0.2, -0.15) is 0 Å². The Morgan fingerprint density at radius 1 is 0.298 bits per heavy atom. The molecule has 466 valence electrons. The van der Waals surface area contributed by atoms with Crippen molar-refractivity contribution in [2.45, 2.75) is 156 Å². The maximum atomic E-state index is 2.70. The van der Waals surface area contributed by atoms with E-state index in [0.717, 1.165) is 37.1 Å². The zero-order valence-corrected chi connectivity index (χ0v) is 57.1. The number of aromatic nitrogens is 2. The summed E-state index contributed by atoms with van der Waals surface area (Å²) < 4.78 is 5.40. The van der Waals surface area contributed by atoms with Crippen LogP contribution in [-0.4, -0.2) is 8.80 Å². The van der Waals surface area contributed by atoms with Crippen LogP contribution in [-0.2, 0) is 47.3 Å². The van der Waals surface area contributed by atoms with Gasteiger partial charge in [0.1, 0.15) is 0 Å². The van der Waals surface area contributed by atoms with Crippen molar-refractivity contribution in [2.24, 2.45) is 0 Å². The number of fused-ring (bicyclic) bond motifs is 14. The van der Waals surface area contributed by atoms with E-state index in [-0.39, 0.29) is 21.7 Å². The van der Waals surface area contributed by atoms with Crippen LogP contribution < -0.4 is 9.80 Å². The van der Waals surface area contributed by atoms with Gasteiger partial charge in [0.2, 0.25) is 0 Å². The van der Waals surface area contributed by atoms with E-state index in [9.17, 15) is 0 Å². The van der Waals surface area contributed by atoms with E-state index >= 15 is 0 Å². The van der Waals surface area contributed by atoms with E-state index in [1.54, 1.807) is 0 Å². The van der Waals surface area contributed by atoms with Gasteiger partial charge in [-0.25, -0.2) is 0 Å². The number of hydrogen-bond donors (Lipinski definition) is 0. The second-order valence-corrected chi connectivity index (χ2v) is 31.8. The van der Waals surface area contributed by atoms with Crippen molar-refractivity contribution in [1.82, 2.24) is 8.80 Å². The number of para-hydroxylation sites is 2. The fourth-order valence-electron chi connectivity index (χ4n) is 17.1. The van der Waals surface area contributed by atoms with E-state index in [4.69, 9.17) is 0 Å². The van der Waals surface area contributed by atoms with Crippen LogP contribution in [0.15, 0.2) is 206 Å². The summed E-state index contributed by atoms with van der Waals surface area (Å²) in [6.45, 7) is 28.3. The molecule has 0 spiro atoms. The molecule has 2 aliphatic rings. The molecule has 4 heteroatoms. The summed E-state index contributed by atoms with van der Waals surface area (Å²) in [7, 11) is 0. The largest absolute Gasteiger partial charge is 0.309 e. The van der Waals surface area contributed by atoms with Gasteiger partial charge in [0.15, 0.2) is 0 Å². The molecule has 2 aliphatic carbocycles. The maximum Gasteiger partial charge on any atom is 0.0641 e. The summed E-state index contributed by atoms with van der Waals surface area (Å²) >= 11 is 0. The smallest absolute Gasteiger partial charge is 0.0641 e. The normalized spacial score (nSPS) is 14.3. The van der Waals surface area contributed by atoms with Crippen LogP contribution in [0.1, 0.15) is 153 Å². The predicted octanol–water partition coefficient (Wildman–Crippen LogP) is 25.2. The maximum absolute atomic E-state index is 2.70. The van der Waals surface area contributed by atoms with Gasteiger partial charge in [-0.15, -0.1) is 0 Å². The van der Waals surface area contributed by atoms with Crippen LogP contribution >= 0.6 is 0 Å². The SMILES string of the molecule is CC(C)(C)c1ccc(N(c2ccc3c(c2-c2ccccc2)CCCC3)c2ccc3c4cc5c(cc4n4c6c(C(C)(C)C)cccc6c2c34)c2ccc(N(c3ccc(C(C)(C)C)cc3)c3ccc4c(c3-c3ccccc3)CCCC4)c3c4cccc(C(C)(C)C)c4n5c23)cc1. The molecule has 0 radical (unpaired) electrons. The van der Waals surface area contributed by atoms with Crippen molar-refractivity contribution in [3.05, 3.63) is 251 Å². The Morgan fingerprint density at radius 2 is 0.670 bits per heavy atom. The van der Waals surface area contributed by atoms with Crippen molar-refractivity contribution < 1.29 is 0 Å². The molecule has 0 fully saturated rings. The molecule has 0 amide bonds. The Labute approximate surface area is 554 Å². The first kappa shape index (κ1) is 58.4. The van der Waals surface area contributed by atoms with Gasteiger partial charge >= 0.3 is 0 Å². The summed E-state index contributed by atoms with van der Waals surface area (Å²) in [4.78, 5) is 5.28. The van der Waals surface area contributed by atoms with Crippen LogP contribution in [0.2, 0.25) is 0 Å². The molecular formula is C90H86N4. The van der Waals surface area contributed by atoms with Gasteiger partial charge < -0.3 is 18.6 Å². The lowest BCUT2D eigenvalue weighted by Crippen LogP contribution is -2.16. The first-order chi connectivity index (χ1) is 45.2. The fourth-order valence-corrected chi connectivity index (χ4v) is 17.1. The summed E-state index contributed by atoms with van der Waals surface area (Å²) in [6, 6.07) is 80.8. The van der Waals surface area contributed by atoms with Gasteiger partial charge in [-0.05, 0) is 189 Å². The second kappa shape index (κ2) is 21.1. The van der Waals surface area contributed by atoms with Crippen molar-refractivity contribution >= 4 is 110 Å². The Balaban J connectivity index is 0.985. The lowest BCUT2D eigenvalue weighted by Gasteiger charge is -2.32. The van der Waals surface area contributed by atoms with Gasteiger partial charge in [0, 0.05) is 65.6 Å². The predicted molar refractivity (Wildman–Crippen MR) is 404 cm³/mol. The molecule has 0 aliphatic heterocycles. The Hall–Kier alpha value is -9.38. The van der Waals surface area contributed by atoms with Crippen LogP contribution in [0, 0.1) is 0 Å². The Bertz CT molecular complexity index is 5150. The minimum Gasteiger partial charge on any atom is -0.309 e. The summed E-state index contributed by atoms with van der Waals surface area (Å²) in [6.07, 6.45) is 9.23. The summed E-state index contributed by atoms with van der Waals surface area (Å²) in [5.74, 6) is 0. The van der Waals surface area contributed by atoms with Gasteiger partial charge in [-0.1, -0.05) is 229 Å². The van der Waals surface area contributed by atoms with Gasteiger partial charge in [0.25, 0.3) is 0 Å². The average molecular weight is 1220 g/mol. The molecule has 0 atom stereocenters. The van der Waals surface area contributed by atoms with Crippen molar-refractivity contribution in [3.63, 3.8) is 0 Å². The van der Waals surface area contributed by atoms with Crippen LogP contribution in [0.3, 0.4) is 0 Å². The van der Waals surface area contributed by atoms with Crippen LogP contribution in [0.4, 0.5) is 34.1 Å². The molecule has 4 nitrogen and oxygen atoms in total. The lowest BCUT2D eigenvalue weighted by atomic mass is 9.84. The minimum absolute atomic E-state index is 0.00425. The molecule has 4 heterocycles. The van der Waals surface area contributed by atoms with Crippen molar-refractivity contribution in [2.75, 3.05) is 9.80 Å². The number of rotatable bonds is 8. The van der Waals surface area contributed by atoms with Crippen LogP contribution in [0.25, 0.3) is 98.4 Å². The second-order valence-electron chi connectivity index (χ2n) is 31.8. The zero-order chi connectivity index (χ0) is 64.5. The summed E-state index contributed by atoms with van der Waals surface area (Å²) in [5.41, 5.74) is 31.1. The van der Waals surface area contributed by atoms with E-state index in [1.165, 1.54) is 191 Å². The van der Waals surface area contributed by atoms with Gasteiger partial charge in [-0.3, -0.25) is 0 Å². The number of benzene rings is 11. The minimum atomic E-state index is -0.158. The lowest BCUT2D eigenvalue weighted by molar-refractivity contribution is 0.590. The van der Waals surface area contributed by atoms with E-state index in [1.807, 2.05) is 0 Å². The molecule has 0 N–H and O–H groups in total. The van der Waals surface area contributed by atoms with E-state index < -0.39 is 0 Å². The average Bonchev–Trinajstić information content (AvgIpc) is 1.51. The quantitative estimate of drug-likeness (QED) is 0.151. The molecule has 94 heavy (non-hydrogen) atoms. The Kier molecular flexibility index (Phi) is 13.1. The molecular weight excluding hydrogens is 1140 g/mol. The number of anilines is 6. The third-order valence-electron chi connectivity index (χ3n) is 21.7. The van der Waals surface area contributed by atoms with Crippen molar-refractivity contribution in [3.8, 4) is 22.3 Å². The van der Waals surface area contributed by atoms with Crippen LogP contribution in [0.5, 0.6) is 0 Å². The molecule has 0 bridgehead atoms. The van der Waals surface area contributed by atoms with E-state index in [0.29, 0.717) is 0 Å². The van der Waals surface area contributed by atoms with Gasteiger partial charge in [0.05, 0.1) is 55.8 Å². The molecule has 15 aromatic rings. The fraction of sp³-hybridized carbons (Fsp3) is 0.267. The number of aryl methyl sites for hydroxylation is 2. The standard InChI is InChI=1S/C90H86N4/c1-87(2,3)59-39-43-61(44-40-59)91(73-49-37-55-25-19-21-31-63(55)79(73)57-27-15-13-16-28-57)75-51-47-65-69-53-78-70(54-77(69)93-83-67(81(75)85(65)93)33-23-35-71(83)89(7,8)9)66-48-52-76(82-68-34-24-36-72(90(10,11)12)84(68)94(78)86(66)82)92(62-45-41-60(42-46-62)88(4,5)6)74-50-38-56-26-20-22-32-64(56)80(74)58-29-17-14-18-30-58/h13-18,23-24,27-30,33-54H,19-22,25-26,31-32H2,1-12H3. The van der Waals surface area contributed by atoms with E-state index in [2.05, 4.69) is 308 Å². The molecule has 17 rings (SSSR count). The summed E-state index contributed by atoms with van der Waals surface area (Å²) in [5, 5.41) is 10.2. The Morgan fingerprint density at radius 3 is 1.04 bits per heavy atom. The first-order valence-electron chi connectivity index (χ1n) is 34.8. The first-order valence-corrected chi connectivity index (χ1v) is 34.8. The highest BCUT2D eigenvalue weighted by atomic mass is 15.2. The molecule has 0 saturated carbocycles. The highest BCUT2D eigenvalue weighted by Crippen LogP contribution is 2.56. The molecule has 4 aromatic heterocycles. The van der Waals surface area contributed by atoms with Crippen molar-refractivity contribution in [1.29, 1.82) is 0 Å². The topological polar surface area (TPSA) is 15.3 Å². The highest BCUT2D eigenvalue weighted by molar-refractivity contribution is 6.33. The third-order valence-corrected chi connectivity index (χ3v) is 21.7. The molecule has 0 saturated heterocycles. The zero-order valence-electron chi connectivity index (χ0n) is 57.1. The third kappa shape index (κ3) is 8.90.